The largest absolute Gasteiger partial charge is 0.494 e. The quantitative estimate of drug-likeness (QED) is 0.636. The number of anilines is 1. The van der Waals surface area contributed by atoms with Crippen molar-refractivity contribution < 1.29 is 22.7 Å². The molecule has 0 fully saturated rings. The van der Waals surface area contributed by atoms with Gasteiger partial charge in [-0.1, -0.05) is 12.1 Å². The lowest BCUT2D eigenvalue weighted by Gasteiger charge is -2.09. The molecule has 0 aliphatic carbocycles. The molecule has 0 saturated carbocycles. The lowest BCUT2D eigenvalue weighted by atomic mass is 10.1. The fourth-order valence-corrected chi connectivity index (χ4v) is 2.81. The van der Waals surface area contributed by atoms with Gasteiger partial charge in [-0.3, -0.25) is 9.48 Å². The van der Waals surface area contributed by atoms with Crippen LogP contribution in [0.5, 0.6) is 5.75 Å². The predicted octanol–water partition coefficient (Wildman–Crippen LogP) is 4.91. The van der Waals surface area contributed by atoms with Crippen molar-refractivity contribution in [2.45, 2.75) is 26.6 Å². The Hall–Kier alpha value is -3.29. The summed E-state index contributed by atoms with van der Waals surface area (Å²) in [5.74, 6) is 0.662. The third-order valence-electron chi connectivity index (χ3n) is 4.24. The Morgan fingerprint density at radius 1 is 1.14 bits per heavy atom. The molecule has 0 atom stereocenters. The van der Waals surface area contributed by atoms with E-state index in [1.165, 1.54) is 6.07 Å². The molecule has 3 rings (SSSR count). The van der Waals surface area contributed by atoms with Gasteiger partial charge in [-0.25, -0.2) is 0 Å². The molecule has 1 aromatic heterocycles. The number of hydrogen-bond donors (Lipinski definition) is 1. The second-order valence-corrected chi connectivity index (χ2v) is 6.44. The van der Waals surface area contributed by atoms with Crippen LogP contribution in [0.25, 0.3) is 0 Å². The molecular weight excluding hydrogens is 383 g/mol. The van der Waals surface area contributed by atoms with Crippen molar-refractivity contribution in [3.63, 3.8) is 0 Å². The third kappa shape index (κ3) is 5.16. The zero-order valence-corrected chi connectivity index (χ0v) is 16.0. The highest BCUT2D eigenvalue weighted by Crippen LogP contribution is 2.29. The smallest absolute Gasteiger partial charge is 0.416 e. The molecule has 0 aliphatic rings. The van der Waals surface area contributed by atoms with Crippen molar-refractivity contribution >= 4 is 11.7 Å². The molecule has 29 heavy (non-hydrogen) atoms. The van der Waals surface area contributed by atoms with Crippen molar-refractivity contribution in [2.75, 3.05) is 11.9 Å². The third-order valence-corrected chi connectivity index (χ3v) is 4.24. The Balaban J connectivity index is 1.71. The average Bonchev–Trinajstić information content (AvgIpc) is 3.01. The Kier molecular flexibility index (Phi) is 5.91. The van der Waals surface area contributed by atoms with Crippen LogP contribution in [0.4, 0.5) is 19.0 Å². The summed E-state index contributed by atoms with van der Waals surface area (Å²) in [6.45, 7) is 4.34. The highest BCUT2D eigenvalue weighted by atomic mass is 19.4. The number of nitrogens with one attached hydrogen (secondary N) is 1. The number of alkyl halides is 3. The number of hydrogen-bond acceptors (Lipinski definition) is 3. The Morgan fingerprint density at radius 2 is 1.86 bits per heavy atom. The van der Waals surface area contributed by atoms with Crippen molar-refractivity contribution in [2.24, 2.45) is 0 Å². The molecule has 0 radical (unpaired) electrons. The maximum atomic E-state index is 12.9. The normalized spacial score (nSPS) is 11.3. The van der Waals surface area contributed by atoms with E-state index in [-0.39, 0.29) is 12.5 Å². The van der Waals surface area contributed by atoms with E-state index in [0.717, 1.165) is 12.1 Å². The predicted molar refractivity (Wildman–Crippen MR) is 103 cm³/mol. The number of benzene rings is 2. The van der Waals surface area contributed by atoms with Crippen LogP contribution in [0.2, 0.25) is 0 Å². The molecule has 0 bridgehead atoms. The first-order chi connectivity index (χ1) is 13.8. The first-order valence-electron chi connectivity index (χ1n) is 9.01. The number of carbonyl (C=O) groups is 1. The number of nitrogens with zero attached hydrogens (tertiary/aromatic N) is 2. The van der Waals surface area contributed by atoms with Gasteiger partial charge < -0.3 is 10.1 Å². The minimum atomic E-state index is -4.40. The van der Waals surface area contributed by atoms with E-state index in [1.54, 1.807) is 48.0 Å². The van der Waals surface area contributed by atoms with Crippen LogP contribution in [0.1, 0.15) is 34.1 Å². The van der Waals surface area contributed by atoms with Crippen LogP contribution in [0.3, 0.4) is 0 Å². The number of halogens is 3. The zero-order valence-electron chi connectivity index (χ0n) is 16.0. The van der Waals surface area contributed by atoms with Crippen molar-refractivity contribution in [3.8, 4) is 5.75 Å². The van der Waals surface area contributed by atoms with Crippen LogP contribution in [-0.4, -0.2) is 22.3 Å². The number of aromatic nitrogens is 2. The van der Waals surface area contributed by atoms with E-state index in [1.807, 2.05) is 6.92 Å². The second kappa shape index (κ2) is 8.38. The molecule has 2 aromatic carbocycles. The standard InChI is InChI=1S/C21H20F3N3O2/c1-3-29-18-9-7-16(8-10-18)20(28)25-19-11-14(2)27(26-19)13-15-5-4-6-17(12-15)21(22,23)24/h4-12H,3,13H2,1-2H3,(H,25,26,28). The van der Waals surface area contributed by atoms with Crippen LogP contribution < -0.4 is 10.1 Å². The van der Waals surface area contributed by atoms with Crippen molar-refractivity contribution in [3.05, 3.63) is 77.0 Å². The molecule has 5 nitrogen and oxygen atoms in total. The fourth-order valence-electron chi connectivity index (χ4n) is 2.81. The van der Waals surface area contributed by atoms with Crippen LogP contribution >= 0.6 is 0 Å². The van der Waals surface area contributed by atoms with Gasteiger partial charge in [-0.05, 0) is 55.8 Å². The lowest BCUT2D eigenvalue weighted by Crippen LogP contribution is -2.13. The maximum absolute atomic E-state index is 12.9. The second-order valence-electron chi connectivity index (χ2n) is 6.44. The Bertz CT molecular complexity index is 995. The lowest BCUT2D eigenvalue weighted by molar-refractivity contribution is -0.137. The van der Waals surface area contributed by atoms with E-state index < -0.39 is 11.7 Å². The highest BCUT2D eigenvalue weighted by molar-refractivity contribution is 6.03. The van der Waals surface area contributed by atoms with Crippen molar-refractivity contribution in [1.82, 2.24) is 9.78 Å². The van der Waals surface area contributed by atoms with E-state index in [2.05, 4.69) is 10.4 Å². The number of rotatable bonds is 6. The summed E-state index contributed by atoms with van der Waals surface area (Å²) in [5, 5.41) is 6.99. The molecule has 1 N–H and O–H groups in total. The zero-order chi connectivity index (χ0) is 21.0. The Labute approximate surface area is 166 Å². The fraction of sp³-hybridized carbons (Fsp3) is 0.238. The summed E-state index contributed by atoms with van der Waals surface area (Å²) in [6.07, 6.45) is -4.40. The van der Waals surface area contributed by atoms with Gasteiger partial charge >= 0.3 is 6.18 Å². The molecule has 152 valence electrons. The Morgan fingerprint density at radius 3 is 2.52 bits per heavy atom. The van der Waals surface area contributed by atoms with Crippen molar-refractivity contribution in [1.29, 1.82) is 0 Å². The van der Waals surface area contributed by atoms with Gasteiger partial charge in [0.1, 0.15) is 5.75 Å². The number of aryl methyl sites for hydroxylation is 1. The molecule has 0 aliphatic heterocycles. The van der Waals surface area contributed by atoms with Gasteiger partial charge in [0.2, 0.25) is 0 Å². The number of amides is 1. The van der Waals surface area contributed by atoms with Crippen LogP contribution in [-0.2, 0) is 12.7 Å². The summed E-state index contributed by atoms with van der Waals surface area (Å²) in [6, 6.07) is 13.5. The molecule has 1 amide bonds. The summed E-state index contributed by atoms with van der Waals surface area (Å²) >= 11 is 0. The summed E-state index contributed by atoms with van der Waals surface area (Å²) in [7, 11) is 0. The molecule has 1 heterocycles. The SMILES string of the molecule is CCOc1ccc(C(=O)Nc2cc(C)n(Cc3cccc(C(F)(F)F)c3)n2)cc1. The van der Waals surface area contributed by atoms with E-state index >= 15 is 0 Å². The van der Waals surface area contributed by atoms with E-state index in [0.29, 0.717) is 35.0 Å². The number of ether oxygens (including phenoxy) is 1. The molecule has 0 saturated heterocycles. The maximum Gasteiger partial charge on any atom is 0.416 e. The monoisotopic (exact) mass is 403 g/mol. The molecular formula is C21H20F3N3O2. The molecule has 0 unspecified atom stereocenters. The van der Waals surface area contributed by atoms with Gasteiger partial charge in [0, 0.05) is 17.3 Å². The molecule has 0 spiro atoms. The van der Waals surface area contributed by atoms with Gasteiger partial charge in [0.25, 0.3) is 5.91 Å². The van der Waals surface area contributed by atoms with Crippen LogP contribution in [0, 0.1) is 6.92 Å². The minimum Gasteiger partial charge on any atom is -0.494 e. The van der Waals surface area contributed by atoms with Crippen LogP contribution in [0.15, 0.2) is 54.6 Å². The summed E-state index contributed by atoms with van der Waals surface area (Å²) < 4.78 is 45.5. The summed E-state index contributed by atoms with van der Waals surface area (Å²) in [4.78, 5) is 12.4. The summed E-state index contributed by atoms with van der Waals surface area (Å²) in [5.41, 5.74) is 0.919. The average molecular weight is 403 g/mol. The topological polar surface area (TPSA) is 56.1 Å². The molecule has 3 aromatic rings. The first kappa shape index (κ1) is 20.4. The van der Waals surface area contributed by atoms with Gasteiger partial charge in [-0.2, -0.15) is 18.3 Å². The van der Waals surface area contributed by atoms with E-state index in [4.69, 9.17) is 4.74 Å². The number of carbonyl (C=O) groups excluding carboxylic acids is 1. The first-order valence-corrected chi connectivity index (χ1v) is 9.01. The van der Waals surface area contributed by atoms with E-state index in [9.17, 15) is 18.0 Å². The highest BCUT2D eigenvalue weighted by Gasteiger charge is 2.30. The van der Waals surface area contributed by atoms with Gasteiger partial charge in [0.15, 0.2) is 5.82 Å². The molecule has 8 heteroatoms. The van der Waals surface area contributed by atoms with Gasteiger partial charge in [-0.15, -0.1) is 0 Å². The van der Waals surface area contributed by atoms with Gasteiger partial charge in [0.05, 0.1) is 18.7 Å². The minimum absolute atomic E-state index is 0.161.